The highest BCUT2D eigenvalue weighted by molar-refractivity contribution is 7.98. The molecule has 0 aliphatic carbocycles. The minimum absolute atomic E-state index is 0.513. The van der Waals surface area contributed by atoms with Crippen LogP contribution in [0.25, 0.3) is 11.0 Å². The van der Waals surface area contributed by atoms with Crippen LogP contribution >= 0.6 is 19.6 Å². The van der Waals surface area contributed by atoms with Crippen LogP contribution in [0.4, 0.5) is 0 Å². The summed E-state index contributed by atoms with van der Waals surface area (Å²) in [5, 5.41) is 21.9. The van der Waals surface area contributed by atoms with Crippen molar-refractivity contribution < 1.29 is 33.8 Å². The van der Waals surface area contributed by atoms with Crippen LogP contribution in [0.3, 0.4) is 0 Å². The van der Waals surface area contributed by atoms with E-state index in [1.165, 1.54) is 18.1 Å². The summed E-state index contributed by atoms with van der Waals surface area (Å²) in [5.74, 6) is 0. The normalized spacial score (nSPS) is 30.4. The van der Waals surface area contributed by atoms with Gasteiger partial charge in [-0.05, 0) is 12.3 Å². The molecule has 0 aromatic carbocycles. The second-order valence-electron chi connectivity index (χ2n) is 5.15. The second kappa shape index (κ2) is 6.70. The average Bonchev–Trinajstić information content (AvgIpc) is 3.15. The third kappa shape index (κ3) is 3.35. The van der Waals surface area contributed by atoms with E-state index in [-0.39, 0.29) is 0 Å². The molecule has 0 saturated carbocycles. The Bertz CT molecular complexity index is 808. The van der Waals surface area contributed by atoms with E-state index in [0.29, 0.717) is 5.65 Å². The Morgan fingerprint density at radius 1 is 1.50 bits per heavy atom. The number of aliphatic hydroxyl groups is 2. The number of thioether (sulfide) groups is 1. The van der Waals surface area contributed by atoms with Gasteiger partial charge in [0.2, 0.25) is 1.43 Å². The molecular weight excluding hydrogens is 361 g/mol. The first-order valence-corrected chi connectivity index (χ1v) is 9.59. The minimum atomic E-state index is -4.54. The van der Waals surface area contributed by atoms with Gasteiger partial charge in [-0.25, -0.2) is 14.5 Å². The molecular formula is C12H16N3O7PS. The van der Waals surface area contributed by atoms with Crippen molar-refractivity contribution in [1.82, 2.24) is 14.5 Å². The number of phosphoric ester groups is 1. The number of hydrogen-bond donors (Lipinski definition) is 4. The van der Waals surface area contributed by atoms with Gasteiger partial charge in [-0.15, -0.1) is 11.8 Å². The summed E-state index contributed by atoms with van der Waals surface area (Å²) in [6.07, 6.45) is 0.167. The van der Waals surface area contributed by atoms with E-state index in [0.717, 1.165) is 10.4 Å². The lowest BCUT2D eigenvalue weighted by molar-refractivity contribution is -0.0501. The number of hydrogen-bond acceptors (Lipinski definition) is 9. The third-order valence-corrected chi connectivity index (χ3v) is 4.87. The summed E-state index contributed by atoms with van der Waals surface area (Å²) in [6.45, 7) is -0.536. The number of aromatic nitrogens is 3. The smallest absolute Gasteiger partial charge is 0.387 e. The summed E-state index contributed by atoms with van der Waals surface area (Å²) >= 11 is 1.44. The van der Waals surface area contributed by atoms with E-state index in [9.17, 15) is 14.8 Å². The van der Waals surface area contributed by atoms with Crippen molar-refractivity contribution in [3.8, 4) is 0 Å². The van der Waals surface area contributed by atoms with E-state index >= 15 is 0 Å². The summed E-state index contributed by atoms with van der Waals surface area (Å²) in [6, 6.07) is 1.77. The maximum absolute atomic E-state index is 11.2. The molecule has 1 aliphatic rings. The molecule has 1 fully saturated rings. The predicted molar refractivity (Wildman–Crippen MR) is 83.2 cm³/mol. The standard InChI is InChI=1S/C12H16N3O7PS/c1-24-11-6-2-3-15(10(6)13-5-14-11)12-9(17)8(16)7(22-12)4-21-23(18,19)20/h2-3,5,7-9,12,16-17H,4H2,1H3,(H2,18,19,20)/t7-,8-,9-,12?/m1/s1/i/hD. The van der Waals surface area contributed by atoms with Crippen molar-refractivity contribution in [3.05, 3.63) is 18.6 Å². The Labute approximate surface area is 142 Å². The van der Waals surface area contributed by atoms with Crippen LogP contribution in [0.1, 0.15) is 6.23 Å². The van der Waals surface area contributed by atoms with Gasteiger partial charge >= 0.3 is 7.82 Å². The number of ether oxygens (including phenoxy) is 1. The molecule has 0 bridgehead atoms. The van der Waals surface area contributed by atoms with E-state index < -0.39 is 39.0 Å². The Morgan fingerprint density at radius 2 is 2.29 bits per heavy atom. The highest BCUT2D eigenvalue weighted by Crippen LogP contribution is 2.39. The Balaban J connectivity index is 1.83. The van der Waals surface area contributed by atoms with Crippen molar-refractivity contribution in [1.29, 1.82) is 1.43 Å². The molecule has 2 unspecified atom stereocenters. The number of rotatable bonds is 6. The first kappa shape index (κ1) is 16.4. The van der Waals surface area contributed by atoms with Gasteiger partial charge in [0, 0.05) is 6.20 Å². The number of phosphoric acid groups is 1. The van der Waals surface area contributed by atoms with Gasteiger partial charge in [-0.2, -0.15) is 0 Å². The molecule has 3 rings (SSSR count). The molecule has 1 saturated heterocycles. The molecule has 2 aromatic rings. The van der Waals surface area contributed by atoms with Gasteiger partial charge in [0.1, 0.15) is 35.3 Å². The fourth-order valence-electron chi connectivity index (χ4n) is 2.58. The lowest BCUT2D eigenvalue weighted by Crippen LogP contribution is -2.33. The van der Waals surface area contributed by atoms with Gasteiger partial charge in [-0.3, -0.25) is 4.52 Å². The number of aliphatic hydroxyl groups excluding tert-OH is 2. The molecule has 10 nitrogen and oxygen atoms in total. The predicted octanol–water partition coefficient (Wildman–Crippen LogP) is -0.118. The summed E-state index contributed by atoms with van der Waals surface area (Å²) in [5.41, 5.74) is 0.513. The second-order valence-corrected chi connectivity index (χ2v) is 7.14. The van der Waals surface area contributed by atoms with Crippen LogP contribution in [0.2, 0.25) is 0 Å². The first-order valence-electron chi connectivity index (χ1n) is 7.28. The summed E-state index contributed by atoms with van der Waals surface area (Å²) in [4.78, 5) is 21.0. The summed E-state index contributed by atoms with van der Waals surface area (Å²) < 4.78 is 29.3. The fourth-order valence-corrected chi connectivity index (χ4v) is 3.45. The SMILES string of the molecule is [2H]OP(=O)(O)OC[C@H]1OC(n2ccc3c(SC)ncnc32)[C@H](O)[C@@H]1O. The monoisotopic (exact) mass is 378 g/mol. The van der Waals surface area contributed by atoms with Gasteiger partial charge < -0.3 is 29.3 Å². The highest BCUT2D eigenvalue weighted by atomic mass is 32.2. The van der Waals surface area contributed by atoms with Crippen LogP contribution in [-0.2, 0) is 13.8 Å². The molecule has 4 N–H and O–H groups in total. The van der Waals surface area contributed by atoms with Crippen molar-refractivity contribution in [2.24, 2.45) is 0 Å². The molecule has 132 valence electrons. The lowest BCUT2D eigenvalue weighted by atomic mass is 10.1. The Morgan fingerprint density at radius 3 is 3.00 bits per heavy atom. The fraction of sp³-hybridized carbons (Fsp3) is 0.500. The quantitative estimate of drug-likeness (QED) is 0.305. The Kier molecular flexibility index (Phi) is 4.58. The zero-order valence-electron chi connectivity index (χ0n) is 13.4. The molecule has 0 spiro atoms. The van der Waals surface area contributed by atoms with Crippen LogP contribution in [0, 0.1) is 0 Å². The van der Waals surface area contributed by atoms with E-state index in [1.54, 1.807) is 16.8 Å². The topological polar surface area (TPSA) is 147 Å². The van der Waals surface area contributed by atoms with Gasteiger partial charge in [-0.1, -0.05) is 0 Å². The molecule has 5 atom stereocenters. The van der Waals surface area contributed by atoms with Crippen LogP contribution in [-0.4, -0.2) is 67.1 Å². The molecule has 3 heterocycles. The first-order chi connectivity index (χ1) is 11.9. The molecule has 0 radical (unpaired) electrons. The molecule has 0 amide bonds. The van der Waals surface area contributed by atoms with Crippen molar-refractivity contribution >= 4 is 30.6 Å². The van der Waals surface area contributed by atoms with Crippen molar-refractivity contribution in [3.63, 3.8) is 0 Å². The number of fused-ring (bicyclic) bond motifs is 1. The van der Waals surface area contributed by atoms with Gasteiger partial charge in [0.25, 0.3) is 0 Å². The molecule has 1 aliphatic heterocycles. The van der Waals surface area contributed by atoms with Gasteiger partial charge in [0.15, 0.2) is 6.23 Å². The molecule has 12 heteroatoms. The Hall–Kier alpha value is -1.04. The van der Waals surface area contributed by atoms with E-state index in [4.69, 9.17) is 11.1 Å². The van der Waals surface area contributed by atoms with Gasteiger partial charge in [0.05, 0.1) is 12.0 Å². The third-order valence-electron chi connectivity index (χ3n) is 3.68. The zero-order valence-corrected chi connectivity index (χ0v) is 14.1. The lowest BCUT2D eigenvalue weighted by Gasteiger charge is -2.17. The minimum Gasteiger partial charge on any atom is -0.387 e. The highest BCUT2D eigenvalue weighted by Gasteiger charge is 2.44. The largest absolute Gasteiger partial charge is 0.469 e. The van der Waals surface area contributed by atoms with Crippen LogP contribution in [0.5, 0.6) is 0 Å². The van der Waals surface area contributed by atoms with E-state index in [2.05, 4.69) is 19.4 Å². The molecule has 2 aromatic heterocycles. The van der Waals surface area contributed by atoms with E-state index in [1.807, 2.05) is 6.26 Å². The maximum atomic E-state index is 11.2. The van der Waals surface area contributed by atoms with Crippen molar-refractivity contribution in [2.45, 2.75) is 29.6 Å². The van der Waals surface area contributed by atoms with Crippen LogP contribution < -0.4 is 0 Å². The average molecular weight is 378 g/mol. The van der Waals surface area contributed by atoms with Crippen LogP contribution in [0.15, 0.2) is 23.6 Å². The zero-order chi connectivity index (χ0) is 18.2. The maximum Gasteiger partial charge on any atom is 0.469 e. The number of nitrogens with zero attached hydrogens (tertiary/aromatic N) is 3. The molecule has 24 heavy (non-hydrogen) atoms. The van der Waals surface area contributed by atoms with Crippen molar-refractivity contribution in [2.75, 3.05) is 12.9 Å². The summed E-state index contributed by atoms with van der Waals surface area (Å²) in [7, 11) is -4.54.